The zero-order valence-electron chi connectivity index (χ0n) is 12.3. The average Bonchev–Trinajstić information content (AvgIpc) is 2.92. The first-order chi connectivity index (χ1) is 8.85. The van der Waals surface area contributed by atoms with Gasteiger partial charge in [0.15, 0.2) is 0 Å². The quantitative estimate of drug-likeness (QED) is 0.644. The Morgan fingerprint density at radius 3 is 2.00 bits per heavy atom. The molecule has 1 aliphatic rings. The largest absolute Gasteiger partial charge is 0.394 e. The second-order valence-corrected chi connectivity index (χ2v) is 4.84. The fourth-order valence-electron chi connectivity index (χ4n) is 1.80. The molecule has 0 aromatic rings. The van der Waals surface area contributed by atoms with Gasteiger partial charge in [-0.25, -0.2) is 0 Å². The van der Waals surface area contributed by atoms with Crippen molar-refractivity contribution in [3.63, 3.8) is 0 Å². The van der Waals surface area contributed by atoms with Crippen LogP contribution in [0.2, 0.25) is 0 Å². The van der Waals surface area contributed by atoms with Gasteiger partial charge in [-0.15, -0.1) is 0 Å². The van der Waals surface area contributed by atoms with Crippen LogP contribution in [0.1, 0.15) is 65.2 Å². The van der Waals surface area contributed by atoms with E-state index in [1.807, 2.05) is 0 Å². The molecule has 110 valence electrons. The summed E-state index contributed by atoms with van der Waals surface area (Å²) in [5.74, 6) is 0. The van der Waals surface area contributed by atoms with Crippen molar-refractivity contribution >= 4 is 0 Å². The lowest BCUT2D eigenvalue weighted by Gasteiger charge is -2.01. The molecule has 3 heteroatoms. The summed E-state index contributed by atoms with van der Waals surface area (Å²) >= 11 is 0. The minimum Gasteiger partial charge on any atom is -0.394 e. The molecule has 0 aromatic heterocycles. The van der Waals surface area contributed by atoms with E-state index in [-0.39, 0.29) is 12.7 Å². The Hall–Kier alpha value is -0.120. The van der Waals surface area contributed by atoms with Crippen molar-refractivity contribution in [1.29, 1.82) is 0 Å². The normalized spacial score (nSPS) is 18.5. The van der Waals surface area contributed by atoms with Gasteiger partial charge in [0.25, 0.3) is 0 Å². The number of hydrogen-bond acceptors (Lipinski definition) is 3. The van der Waals surface area contributed by atoms with E-state index in [4.69, 9.17) is 14.6 Å². The molecular formula is C15H32O3. The van der Waals surface area contributed by atoms with Gasteiger partial charge in [0.1, 0.15) is 0 Å². The number of ether oxygens (including phenoxy) is 2. The van der Waals surface area contributed by atoms with E-state index >= 15 is 0 Å². The van der Waals surface area contributed by atoms with Crippen LogP contribution in [-0.2, 0) is 9.47 Å². The van der Waals surface area contributed by atoms with Gasteiger partial charge in [0.2, 0.25) is 0 Å². The summed E-state index contributed by atoms with van der Waals surface area (Å²) in [5.41, 5.74) is 0. The zero-order chi connectivity index (χ0) is 13.5. The summed E-state index contributed by atoms with van der Waals surface area (Å²) in [4.78, 5) is 0. The van der Waals surface area contributed by atoms with E-state index in [9.17, 15) is 0 Å². The predicted molar refractivity (Wildman–Crippen MR) is 75.9 cm³/mol. The van der Waals surface area contributed by atoms with Crippen molar-refractivity contribution in [1.82, 2.24) is 0 Å². The van der Waals surface area contributed by atoms with E-state index in [1.165, 1.54) is 38.5 Å². The summed E-state index contributed by atoms with van der Waals surface area (Å²) in [6.45, 7) is 7.41. The first-order valence-electron chi connectivity index (χ1n) is 7.65. The van der Waals surface area contributed by atoms with Gasteiger partial charge in [-0.3, -0.25) is 0 Å². The van der Waals surface area contributed by atoms with Crippen LogP contribution < -0.4 is 0 Å². The van der Waals surface area contributed by atoms with Crippen LogP contribution in [0.15, 0.2) is 0 Å². The molecule has 1 rings (SSSR count). The average molecular weight is 260 g/mol. The molecule has 1 heterocycles. The highest BCUT2D eigenvalue weighted by Gasteiger charge is 2.12. The number of rotatable bonds is 9. The van der Waals surface area contributed by atoms with Crippen LogP contribution in [0.25, 0.3) is 0 Å². The van der Waals surface area contributed by atoms with E-state index in [0.29, 0.717) is 0 Å². The molecule has 3 nitrogen and oxygen atoms in total. The van der Waals surface area contributed by atoms with E-state index in [2.05, 4.69) is 13.8 Å². The molecule has 18 heavy (non-hydrogen) atoms. The Balaban J connectivity index is 0.000000351. The Bertz CT molecular complexity index is 137. The maximum Gasteiger partial charge on any atom is 0.0806 e. The molecule has 1 fully saturated rings. The Morgan fingerprint density at radius 2 is 1.67 bits per heavy atom. The molecular weight excluding hydrogens is 228 g/mol. The maximum atomic E-state index is 8.44. The number of aliphatic hydroxyl groups is 1. The molecule has 0 spiro atoms. The zero-order valence-corrected chi connectivity index (χ0v) is 12.3. The highest BCUT2D eigenvalue weighted by molar-refractivity contribution is 4.61. The summed E-state index contributed by atoms with van der Waals surface area (Å²) in [7, 11) is 0. The van der Waals surface area contributed by atoms with Crippen LogP contribution in [-0.4, -0.2) is 37.6 Å². The predicted octanol–water partition coefficient (Wildman–Crippen LogP) is 3.54. The van der Waals surface area contributed by atoms with Crippen molar-refractivity contribution in [2.75, 3.05) is 26.4 Å². The smallest absolute Gasteiger partial charge is 0.0806 e. The SMILES string of the molecule is CCCCCOCCCCC.OCC1CCCO1. The van der Waals surface area contributed by atoms with Gasteiger partial charge >= 0.3 is 0 Å². The number of hydrogen-bond donors (Lipinski definition) is 1. The molecule has 1 saturated heterocycles. The van der Waals surface area contributed by atoms with Gasteiger partial charge in [-0.05, 0) is 25.7 Å². The first-order valence-corrected chi connectivity index (χ1v) is 7.65. The maximum absolute atomic E-state index is 8.44. The van der Waals surface area contributed by atoms with Gasteiger partial charge in [-0.2, -0.15) is 0 Å². The summed E-state index contributed by atoms with van der Waals surface area (Å²) in [6, 6.07) is 0. The van der Waals surface area contributed by atoms with Gasteiger partial charge < -0.3 is 14.6 Å². The van der Waals surface area contributed by atoms with Crippen LogP contribution in [0, 0.1) is 0 Å². The second-order valence-electron chi connectivity index (χ2n) is 4.84. The van der Waals surface area contributed by atoms with Crippen molar-refractivity contribution in [3.8, 4) is 0 Å². The van der Waals surface area contributed by atoms with Crippen LogP contribution in [0.3, 0.4) is 0 Å². The highest BCUT2D eigenvalue weighted by atomic mass is 16.5. The van der Waals surface area contributed by atoms with Crippen molar-refractivity contribution < 1.29 is 14.6 Å². The van der Waals surface area contributed by atoms with Crippen LogP contribution in [0.4, 0.5) is 0 Å². The highest BCUT2D eigenvalue weighted by Crippen LogP contribution is 2.09. The summed E-state index contributed by atoms with van der Waals surface area (Å²) < 4.78 is 10.5. The first kappa shape index (κ1) is 17.9. The minimum absolute atomic E-state index is 0.153. The third kappa shape index (κ3) is 12.3. The molecule has 1 atom stereocenters. The molecule has 0 saturated carbocycles. The molecule has 1 unspecified atom stereocenters. The second kappa shape index (κ2) is 14.9. The van der Waals surface area contributed by atoms with Crippen LogP contribution >= 0.6 is 0 Å². The molecule has 0 amide bonds. The summed E-state index contributed by atoms with van der Waals surface area (Å²) in [5, 5.41) is 8.44. The van der Waals surface area contributed by atoms with Crippen molar-refractivity contribution in [2.45, 2.75) is 71.3 Å². The molecule has 0 bridgehead atoms. The van der Waals surface area contributed by atoms with Crippen molar-refractivity contribution in [2.24, 2.45) is 0 Å². The Morgan fingerprint density at radius 1 is 1.06 bits per heavy atom. The third-order valence-electron chi connectivity index (χ3n) is 3.01. The van der Waals surface area contributed by atoms with Crippen molar-refractivity contribution in [3.05, 3.63) is 0 Å². The molecule has 0 aliphatic carbocycles. The standard InChI is InChI=1S/C10H22O.C5H10O2/c1-3-5-7-9-11-10-8-6-4-2;6-4-5-2-1-3-7-5/h3-10H2,1-2H3;5-6H,1-4H2. The summed E-state index contributed by atoms with van der Waals surface area (Å²) in [6.07, 6.45) is 9.99. The topological polar surface area (TPSA) is 38.7 Å². The lowest BCUT2D eigenvalue weighted by Crippen LogP contribution is -2.09. The molecule has 0 aromatic carbocycles. The van der Waals surface area contributed by atoms with E-state index in [0.717, 1.165) is 32.7 Å². The van der Waals surface area contributed by atoms with Crippen LogP contribution in [0.5, 0.6) is 0 Å². The fraction of sp³-hybridized carbons (Fsp3) is 1.00. The molecule has 1 aliphatic heterocycles. The third-order valence-corrected chi connectivity index (χ3v) is 3.01. The molecule has 1 N–H and O–H groups in total. The lowest BCUT2D eigenvalue weighted by molar-refractivity contribution is 0.0591. The van der Waals surface area contributed by atoms with E-state index < -0.39 is 0 Å². The lowest BCUT2D eigenvalue weighted by atomic mass is 10.2. The Kier molecular flexibility index (Phi) is 14.8. The Labute approximate surface area is 113 Å². The van der Waals surface area contributed by atoms with E-state index in [1.54, 1.807) is 0 Å². The van der Waals surface area contributed by atoms with Gasteiger partial charge in [-0.1, -0.05) is 39.5 Å². The fourth-order valence-corrected chi connectivity index (χ4v) is 1.80. The van der Waals surface area contributed by atoms with Gasteiger partial charge in [0.05, 0.1) is 12.7 Å². The number of unbranched alkanes of at least 4 members (excludes halogenated alkanes) is 4. The number of aliphatic hydroxyl groups excluding tert-OH is 1. The molecule has 0 radical (unpaired) electrons. The van der Waals surface area contributed by atoms with Gasteiger partial charge in [0, 0.05) is 19.8 Å². The monoisotopic (exact) mass is 260 g/mol. The minimum atomic E-state index is 0.153.